The number of aromatic amines is 2. The molecule has 0 saturated heterocycles. The fourth-order valence-corrected chi connectivity index (χ4v) is 7.12. The van der Waals surface area contributed by atoms with Crippen LogP contribution in [0.15, 0.2) is 133 Å². The molecular formula is C37H28N2O. The summed E-state index contributed by atoms with van der Waals surface area (Å²) in [7, 11) is 1.77. The molecule has 7 aromatic rings. The summed E-state index contributed by atoms with van der Waals surface area (Å²) >= 11 is 0. The van der Waals surface area contributed by atoms with E-state index in [4.69, 9.17) is 4.74 Å². The Balaban J connectivity index is 1.65. The van der Waals surface area contributed by atoms with E-state index in [0.29, 0.717) is 0 Å². The highest BCUT2D eigenvalue weighted by Crippen LogP contribution is 2.58. The molecule has 2 aromatic heterocycles. The van der Waals surface area contributed by atoms with E-state index in [9.17, 15) is 0 Å². The molecule has 0 fully saturated rings. The summed E-state index contributed by atoms with van der Waals surface area (Å²) in [5, 5.41) is 2.39. The molecule has 3 nitrogen and oxygen atoms in total. The highest BCUT2D eigenvalue weighted by Gasteiger charge is 2.51. The quantitative estimate of drug-likeness (QED) is 0.242. The summed E-state index contributed by atoms with van der Waals surface area (Å²) in [6.45, 7) is 0. The number of hydrogen-bond acceptors (Lipinski definition) is 1. The topological polar surface area (TPSA) is 40.8 Å². The molecule has 0 aliphatic heterocycles. The molecule has 0 radical (unpaired) electrons. The van der Waals surface area contributed by atoms with E-state index in [1.54, 1.807) is 7.11 Å². The number of aromatic nitrogens is 2. The molecule has 3 heteroatoms. The van der Waals surface area contributed by atoms with Crippen LogP contribution in [0.5, 0.6) is 5.75 Å². The van der Waals surface area contributed by atoms with Gasteiger partial charge in [0.1, 0.15) is 11.2 Å². The summed E-state index contributed by atoms with van der Waals surface area (Å²) in [4.78, 5) is 7.93. The molecule has 2 N–H and O–H groups in total. The number of nitrogens with one attached hydrogen (secondary N) is 2. The maximum atomic E-state index is 6.04. The van der Waals surface area contributed by atoms with E-state index in [2.05, 4.69) is 143 Å². The minimum atomic E-state index is -0.596. The molecule has 192 valence electrons. The lowest BCUT2D eigenvalue weighted by Crippen LogP contribution is -2.37. The van der Waals surface area contributed by atoms with Crippen molar-refractivity contribution in [2.45, 2.75) is 11.3 Å². The van der Waals surface area contributed by atoms with Gasteiger partial charge in [0.05, 0.1) is 7.11 Å². The van der Waals surface area contributed by atoms with E-state index in [0.717, 1.165) is 22.2 Å². The van der Waals surface area contributed by atoms with Gasteiger partial charge in [-0.15, -0.1) is 0 Å². The average Bonchev–Trinajstić information content (AvgIpc) is 3.61. The van der Waals surface area contributed by atoms with Gasteiger partial charge in [-0.1, -0.05) is 115 Å². The van der Waals surface area contributed by atoms with Gasteiger partial charge in [0.25, 0.3) is 0 Å². The molecule has 1 aliphatic rings. The second-order valence-corrected chi connectivity index (χ2v) is 10.6. The molecule has 0 bridgehead atoms. The highest BCUT2D eigenvalue weighted by molar-refractivity contribution is 5.97. The van der Waals surface area contributed by atoms with Crippen molar-refractivity contribution in [1.82, 2.24) is 9.97 Å². The fraction of sp³-hybridized carbons (Fsp3) is 0.0811. The summed E-state index contributed by atoms with van der Waals surface area (Å²) in [5.41, 5.74) is 10.3. The number of ether oxygens (including phenoxy) is 1. The van der Waals surface area contributed by atoms with Gasteiger partial charge in [-0.2, -0.15) is 0 Å². The van der Waals surface area contributed by atoms with Crippen LogP contribution in [0.3, 0.4) is 0 Å². The molecule has 1 atom stereocenters. The van der Waals surface area contributed by atoms with Crippen LogP contribution >= 0.6 is 0 Å². The molecule has 8 rings (SSSR count). The monoisotopic (exact) mass is 516 g/mol. The second kappa shape index (κ2) is 8.75. The van der Waals surface area contributed by atoms with Crippen molar-refractivity contribution in [3.05, 3.63) is 173 Å². The molecule has 2 heterocycles. The number of para-hydroxylation sites is 1. The van der Waals surface area contributed by atoms with Crippen LogP contribution in [0.25, 0.3) is 21.8 Å². The van der Waals surface area contributed by atoms with Gasteiger partial charge in [-0.05, 0) is 46.0 Å². The van der Waals surface area contributed by atoms with Gasteiger partial charge in [0.15, 0.2) is 0 Å². The zero-order chi connectivity index (χ0) is 26.7. The minimum absolute atomic E-state index is 0.00736. The van der Waals surface area contributed by atoms with Crippen molar-refractivity contribution in [3.63, 3.8) is 0 Å². The molecule has 40 heavy (non-hydrogen) atoms. The standard InChI is InChI=1S/C37H28N2O/c1-40-30-23-13-22-29-33(30)34-31(24-14-5-2-6-15-24)32-27-20-11-12-21-28(27)38-35(32)37(36(34)39-29,25-16-7-3-8-17-25)26-18-9-4-10-19-26/h2-23,31,38-39H,1H3. The first-order valence-electron chi connectivity index (χ1n) is 13.8. The van der Waals surface area contributed by atoms with Crippen LogP contribution in [-0.2, 0) is 5.41 Å². The maximum absolute atomic E-state index is 6.04. The normalized spacial score (nSPS) is 15.6. The van der Waals surface area contributed by atoms with E-state index in [-0.39, 0.29) is 5.92 Å². The van der Waals surface area contributed by atoms with Crippen LogP contribution in [0, 0.1) is 0 Å². The van der Waals surface area contributed by atoms with Crippen LogP contribution < -0.4 is 4.74 Å². The van der Waals surface area contributed by atoms with Gasteiger partial charge in [-0.3, -0.25) is 0 Å². The predicted molar refractivity (Wildman–Crippen MR) is 162 cm³/mol. The van der Waals surface area contributed by atoms with Crippen LogP contribution in [0.1, 0.15) is 45.1 Å². The van der Waals surface area contributed by atoms with Crippen molar-refractivity contribution in [2.24, 2.45) is 0 Å². The molecule has 1 aliphatic carbocycles. The molecule has 1 unspecified atom stereocenters. The Hall–Kier alpha value is -5.02. The van der Waals surface area contributed by atoms with Crippen molar-refractivity contribution >= 4 is 21.8 Å². The van der Waals surface area contributed by atoms with Gasteiger partial charge in [0.2, 0.25) is 0 Å². The number of H-pyrrole nitrogens is 2. The second-order valence-electron chi connectivity index (χ2n) is 10.6. The summed E-state index contributed by atoms with van der Waals surface area (Å²) < 4.78 is 6.04. The van der Waals surface area contributed by atoms with E-state index >= 15 is 0 Å². The van der Waals surface area contributed by atoms with Crippen molar-refractivity contribution in [2.75, 3.05) is 7.11 Å². The zero-order valence-corrected chi connectivity index (χ0v) is 22.2. The highest BCUT2D eigenvalue weighted by atomic mass is 16.5. The van der Waals surface area contributed by atoms with Crippen molar-refractivity contribution in [1.29, 1.82) is 0 Å². The number of benzene rings is 5. The van der Waals surface area contributed by atoms with Crippen molar-refractivity contribution in [3.8, 4) is 5.75 Å². The van der Waals surface area contributed by atoms with Gasteiger partial charge in [0, 0.05) is 39.1 Å². The van der Waals surface area contributed by atoms with Crippen molar-refractivity contribution < 1.29 is 4.74 Å². The lowest BCUT2D eigenvalue weighted by Gasteiger charge is -2.41. The van der Waals surface area contributed by atoms with Crippen LogP contribution in [0.4, 0.5) is 0 Å². The Morgan fingerprint density at radius 3 is 1.77 bits per heavy atom. The first kappa shape index (κ1) is 22.9. The van der Waals surface area contributed by atoms with E-state index in [1.165, 1.54) is 44.6 Å². The molecule has 0 amide bonds. The number of hydrogen-bond donors (Lipinski definition) is 2. The fourth-order valence-electron chi connectivity index (χ4n) is 7.12. The van der Waals surface area contributed by atoms with Crippen LogP contribution in [0.2, 0.25) is 0 Å². The SMILES string of the molecule is COc1cccc2[nH]c3c(c12)C(c1ccccc1)c1c([nH]c2ccccc12)C3(c1ccccc1)c1ccccc1. The van der Waals surface area contributed by atoms with Gasteiger partial charge in [-0.25, -0.2) is 0 Å². The Kier molecular flexibility index (Phi) is 5.02. The molecule has 5 aromatic carbocycles. The first-order valence-corrected chi connectivity index (χ1v) is 13.8. The Labute approximate surface area is 233 Å². The lowest BCUT2D eigenvalue weighted by atomic mass is 9.61. The van der Waals surface area contributed by atoms with Crippen LogP contribution in [-0.4, -0.2) is 17.1 Å². The number of methoxy groups -OCH3 is 1. The summed E-state index contributed by atoms with van der Waals surface area (Å²) in [6, 6.07) is 47.8. The third kappa shape index (κ3) is 3.00. The molecule has 0 saturated carbocycles. The lowest BCUT2D eigenvalue weighted by molar-refractivity contribution is 0.419. The summed E-state index contributed by atoms with van der Waals surface area (Å²) in [5.74, 6) is 0.891. The predicted octanol–water partition coefficient (Wildman–Crippen LogP) is 8.53. The molecular weight excluding hydrogens is 488 g/mol. The third-order valence-electron chi connectivity index (χ3n) is 8.66. The Morgan fingerprint density at radius 1 is 0.550 bits per heavy atom. The van der Waals surface area contributed by atoms with E-state index in [1.807, 2.05) is 0 Å². The van der Waals surface area contributed by atoms with Gasteiger partial charge >= 0.3 is 0 Å². The van der Waals surface area contributed by atoms with Gasteiger partial charge < -0.3 is 14.7 Å². The smallest absolute Gasteiger partial charge is 0.128 e. The third-order valence-corrected chi connectivity index (χ3v) is 8.66. The minimum Gasteiger partial charge on any atom is -0.496 e. The number of fused-ring (bicyclic) bond motifs is 6. The Bertz CT molecular complexity index is 1950. The average molecular weight is 517 g/mol. The first-order chi connectivity index (χ1) is 19.8. The Morgan fingerprint density at radius 2 is 1.10 bits per heavy atom. The number of rotatable bonds is 4. The van der Waals surface area contributed by atoms with E-state index < -0.39 is 5.41 Å². The molecule has 0 spiro atoms. The zero-order valence-electron chi connectivity index (χ0n) is 22.2. The maximum Gasteiger partial charge on any atom is 0.128 e. The largest absolute Gasteiger partial charge is 0.496 e. The summed E-state index contributed by atoms with van der Waals surface area (Å²) in [6.07, 6.45) is 0.